The maximum absolute atomic E-state index is 12.4. The van der Waals surface area contributed by atoms with Crippen LogP contribution >= 0.6 is 15.9 Å². The van der Waals surface area contributed by atoms with Crippen LogP contribution in [-0.4, -0.2) is 60.2 Å². The molecule has 1 aliphatic heterocycles. The number of amides is 2. The number of hydrogen-bond donors (Lipinski definition) is 0. The van der Waals surface area contributed by atoms with Crippen LogP contribution in [0.5, 0.6) is 5.75 Å². The van der Waals surface area contributed by atoms with Crippen LogP contribution in [-0.2, 0) is 9.53 Å². The first-order chi connectivity index (χ1) is 11.7. The lowest BCUT2D eigenvalue weighted by atomic mass is 10.2. The number of carbonyl (C=O) groups is 2. The SMILES string of the molecule is CC(C)(C)OC(=O)N1CCCN(C(=O)COc2ccc(Br)cc2)CC1. The molecule has 0 aromatic heterocycles. The van der Waals surface area contributed by atoms with Crippen molar-refractivity contribution in [1.82, 2.24) is 9.80 Å². The monoisotopic (exact) mass is 412 g/mol. The van der Waals surface area contributed by atoms with E-state index in [2.05, 4.69) is 15.9 Å². The molecule has 0 unspecified atom stereocenters. The predicted molar refractivity (Wildman–Crippen MR) is 98.6 cm³/mol. The smallest absolute Gasteiger partial charge is 0.410 e. The van der Waals surface area contributed by atoms with Crippen LogP contribution in [0.15, 0.2) is 28.7 Å². The Bertz CT molecular complexity index is 598. The molecule has 1 fully saturated rings. The Morgan fingerprint density at radius 2 is 1.64 bits per heavy atom. The van der Waals surface area contributed by atoms with Gasteiger partial charge in [0.2, 0.25) is 0 Å². The minimum absolute atomic E-state index is 0.00588. The summed E-state index contributed by atoms with van der Waals surface area (Å²) in [7, 11) is 0. The zero-order chi connectivity index (χ0) is 18.4. The molecule has 7 heteroatoms. The zero-order valence-electron chi connectivity index (χ0n) is 15.0. The van der Waals surface area contributed by atoms with E-state index in [1.165, 1.54) is 0 Å². The van der Waals surface area contributed by atoms with Crippen molar-refractivity contribution in [2.24, 2.45) is 0 Å². The molecule has 1 aromatic carbocycles. The lowest BCUT2D eigenvalue weighted by Crippen LogP contribution is -2.41. The van der Waals surface area contributed by atoms with Crippen molar-refractivity contribution < 1.29 is 19.1 Å². The van der Waals surface area contributed by atoms with E-state index in [0.717, 1.165) is 10.9 Å². The second-order valence-corrected chi connectivity index (χ2v) is 7.86. The third kappa shape index (κ3) is 6.57. The van der Waals surface area contributed by atoms with Gasteiger partial charge in [-0.25, -0.2) is 4.79 Å². The number of carbonyl (C=O) groups excluding carboxylic acids is 2. The highest BCUT2D eigenvalue weighted by Gasteiger charge is 2.26. The quantitative estimate of drug-likeness (QED) is 0.763. The van der Waals surface area contributed by atoms with Crippen LogP contribution < -0.4 is 4.74 Å². The second-order valence-electron chi connectivity index (χ2n) is 6.94. The summed E-state index contributed by atoms with van der Waals surface area (Å²) in [5, 5.41) is 0. The zero-order valence-corrected chi connectivity index (χ0v) is 16.5. The Labute approximate surface area is 157 Å². The van der Waals surface area contributed by atoms with Crippen LogP contribution in [0.2, 0.25) is 0 Å². The van der Waals surface area contributed by atoms with E-state index in [0.29, 0.717) is 31.9 Å². The number of ether oxygens (including phenoxy) is 2. The molecule has 1 saturated heterocycles. The van der Waals surface area contributed by atoms with Gasteiger partial charge in [0.05, 0.1) is 0 Å². The number of halogens is 1. The molecular formula is C18H25BrN2O4. The van der Waals surface area contributed by atoms with Gasteiger partial charge in [-0.05, 0) is 51.5 Å². The maximum atomic E-state index is 12.4. The van der Waals surface area contributed by atoms with E-state index < -0.39 is 5.60 Å². The number of hydrogen-bond acceptors (Lipinski definition) is 4. The molecule has 138 valence electrons. The molecule has 0 atom stereocenters. The third-order valence-electron chi connectivity index (χ3n) is 3.68. The highest BCUT2D eigenvalue weighted by Crippen LogP contribution is 2.16. The fraction of sp³-hybridized carbons (Fsp3) is 0.556. The van der Waals surface area contributed by atoms with Crippen molar-refractivity contribution in [3.05, 3.63) is 28.7 Å². The fourth-order valence-electron chi connectivity index (χ4n) is 2.44. The van der Waals surface area contributed by atoms with Crippen molar-refractivity contribution in [1.29, 1.82) is 0 Å². The van der Waals surface area contributed by atoms with Crippen molar-refractivity contribution >= 4 is 27.9 Å². The minimum atomic E-state index is -0.516. The van der Waals surface area contributed by atoms with Crippen LogP contribution in [0.25, 0.3) is 0 Å². The van der Waals surface area contributed by atoms with Gasteiger partial charge in [-0.15, -0.1) is 0 Å². The molecule has 25 heavy (non-hydrogen) atoms. The van der Waals surface area contributed by atoms with E-state index in [-0.39, 0.29) is 18.6 Å². The fourth-order valence-corrected chi connectivity index (χ4v) is 2.71. The van der Waals surface area contributed by atoms with Gasteiger partial charge in [0.1, 0.15) is 11.4 Å². The molecule has 0 aliphatic carbocycles. The van der Waals surface area contributed by atoms with Crippen molar-refractivity contribution in [2.45, 2.75) is 32.8 Å². The first kappa shape index (κ1) is 19.6. The van der Waals surface area contributed by atoms with E-state index >= 15 is 0 Å². The average molecular weight is 413 g/mol. The van der Waals surface area contributed by atoms with E-state index in [9.17, 15) is 9.59 Å². The molecule has 6 nitrogen and oxygen atoms in total. The van der Waals surface area contributed by atoms with Crippen molar-refractivity contribution in [3.63, 3.8) is 0 Å². The summed E-state index contributed by atoms with van der Waals surface area (Å²) in [6, 6.07) is 7.35. The third-order valence-corrected chi connectivity index (χ3v) is 4.20. The molecule has 1 aromatic rings. The number of benzene rings is 1. The van der Waals surface area contributed by atoms with Crippen LogP contribution in [0.1, 0.15) is 27.2 Å². The first-order valence-electron chi connectivity index (χ1n) is 8.39. The lowest BCUT2D eigenvalue weighted by molar-refractivity contribution is -0.133. The largest absolute Gasteiger partial charge is 0.484 e. The van der Waals surface area contributed by atoms with Crippen molar-refractivity contribution in [2.75, 3.05) is 32.8 Å². The normalized spacial score (nSPS) is 15.5. The molecule has 0 spiro atoms. The molecule has 1 aliphatic rings. The van der Waals surface area contributed by atoms with Gasteiger partial charge < -0.3 is 19.3 Å². The highest BCUT2D eigenvalue weighted by atomic mass is 79.9. The molecular weight excluding hydrogens is 388 g/mol. The Kier molecular flexibility index (Phi) is 6.70. The van der Waals surface area contributed by atoms with Crippen LogP contribution in [0, 0.1) is 0 Å². The Morgan fingerprint density at radius 1 is 1.04 bits per heavy atom. The summed E-state index contributed by atoms with van der Waals surface area (Å²) in [6.07, 6.45) is 0.399. The first-order valence-corrected chi connectivity index (χ1v) is 9.18. The molecule has 0 N–H and O–H groups in total. The van der Waals surface area contributed by atoms with Gasteiger partial charge in [-0.2, -0.15) is 0 Å². The molecule has 0 radical (unpaired) electrons. The van der Waals surface area contributed by atoms with E-state index in [1.807, 2.05) is 45.0 Å². The topological polar surface area (TPSA) is 59.1 Å². The summed E-state index contributed by atoms with van der Waals surface area (Å²) in [5.41, 5.74) is -0.516. The molecule has 1 heterocycles. The van der Waals surface area contributed by atoms with Gasteiger partial charge in [0, 0.05) is 30.7 Å². The van der Waals surface area contributed by atoms with Gasteiger partial charge in [0.25, 0.3) is 5.91 Å². The maximum Gasteiger partial charge on any atom is 0.410 e. The number of nitrogens with zero attached hydrogens (tertiary/aromatic N) is 2. The molecule has 2 rings (SSSR count). The summed E-state index contributed by atoms with van der Waals surface area (Å²) in [6.45, 7) is 7.69. The summed E-state index contributed by atoms with van der Waals surface area (Å²) >= 11 is 3.36. The summed E-state index contributed by atoms with van der Waals surface area (Å²) in [4.78, 5) is 27.9. The predicted octanol–water partition coefficient (Wildman–Crippen LogP) is 3.30. The van der Waals surface area contributed by atoms with Crippen LogP contribution in [0.3, 0.4) is 0 Å². The Hall–Kier alpha value is -1.76. The van der Waals surface area contributed by atoms with Gasteiger partial charge in [0.15, 0.2) is 6.61 Å². The molecule has 2 amide bonds. The standard InChI is InChI=1S/C18H25BrN2O4/c1-18(2,3)25-17(23)21-10-4-9-20(11-12-21)16(22)13-24-15-7-5-14(19)6-8-15/h5-8H,4,9-13H2,1-3H3. The van der Waals surface area contributed by atoms with Crippen molar-refractivity contribution in [3.8, 4) is 5.75 Å². The van der Waals surface area contributed by atoms with E-state index in [4.69, 9.17) is 9.47 Å². The average Bonchev–Trinajstić information content (AvgIpc) is 2.78. The number of rotatable bonds is 3. The minimum Gasteiger partial charge on any atom is -0.484 e. The Morgan fingerprint density at radius 3 is 2.28 bits per heavy atom. The molecule has 0 bridgehead atoms. The highest BCUT2D eigenvalue weighted by molar-refractivity contribution is 9.10. The summed E-state index contributed by atoms with van der Waals surface area (Å²) < 4.78 is 11.9. The Balaban J connectivity index is 1.82. The van der Waals surface area contributed by atoms with Gasteiger partial charge >= 0.3 is 6.09 Å². The summed E-state index contributed by atoms with van der Waals surface area (Å²) in [5.74, 6) is 0.579. The van der Waals surface area contributed by atoms with Gasteiger partial charge in [-0.3, -0.25) is 4.79 Å². The lowest BCUT2D eigenvalue weighted by Gasteiger charge is -2.26. The second kappa shape index (κ2) is 8.56. The van der Waals surface area contributed by atoms with Gasteiger partial charge in [-0.1, -0.05) is 15.9 Å². The van der Waals surface area contributed by atoms with Crippen LogP contribution in [0.4, 0.5) is 4.79 Å². The molecule has 0 saturated carbocycles. The van der Waals surface area contributed by atoms with E-state index in [1.54, 1.807) is 9.80 Å².